The zero-order chi connectivity index (χ0) is 19.0. The van der Waals surface area contributed by atoms with Crippen LogP contribution in [0.3, 0.4) is 0 Å². The van der Waals surface area contributed by atoms with Crippen LogP contribution in [-0.4, -0.2) is 33.7 Å². The second kappa shape index (κ2) is 7.00. The molecule has 0 spiro atoms. The number of hydrogen-bond acceptors (Lipinski definition) is 2. The molecular weight excluding hydrogens is 331 g/mol. The van der Waals surface area contributed by atoms with Crippen LogP contribution in [0.25, 0.3) is 0 Å². The molecule has 1 saturated heterocycles. The molecule has 1 aromatic rings. The fourth-order valence-electron chi connectivity index (χ4n) is 3.53. The Hall–Kier alpha value is -1.53. The molecule has 0 bridgehead atoms. The number of halogens is 3. The van der Waals surface area contributed by atoms with Crippen molar-refractivity contribution in [2.75, 3.05) is 13.1 Å². The summed E-state index contributed by atoms with van der Waals surface area (Å²) in [7, 11) is 0. The summed E-state index contributed by atoms with van der Waals surface area (Å²) in [6, 6.07) is -0.465. The van der Waals surface area contributed by atoms with Gasteiger partial charge in [0.2, 0.25) is 0 Å². The largest absolute Gasteiger partial charge is 0.433 e. The average molecular weight is 359 g/mol. The smallest absolute Gasteiger partial charge is 0.339 e. The fraction of sp³-hybridized carbons (Fsp3) is 0.778. The minimum absolute atomic E-state index is 0.138. The maximum Gasteiger partial charge on any atom is 0.433 e. The monoisotopic (exact) mass is 359 g/mol. The molecule has 1 aliphatic rings. The lowest BCUT2D eigenvalue weighted by molar-refractivity contribution is -0.145. The average Bonchev–Trinajstić information content (AvgIpc) is 2.77. The molecule has 0 N–H and O–H groups in total. The van der Waals surface area contributed by atoms with Gasteiger partial charge in [0.1, 0.15) is 0 Å². The summed E-state index contributed by atoms with van der Waals surface area (Å²) >= 11 is 0. The third-order valence-electron chi connectivity index (χ3n) is 5.02. The van der Waals surface area contributed by atoms with Crippen LogP contribution >= 0.6 is 0 Å². The Morgan fingerprint density at radius 2 is 1.84 bits per heavy atom. The van der Waals surface area contributed by atoms with Crippen molar-refractivity contribution >= 4 is 5.91 Å². The third-order valence-corrected chi connectivity index (χ3v) is 5.02. The number of alkyl halides is 3. The van der Waals surface area contributed by atoms with E-state index in [0.717, 1.165) is 30.1 Å². The molecule has 2 rings (SSSR count). The summed E-state index contributed by atoms with van der Waals surface area (Å²) in [4.78, 5) is 14.3. The molecule has 0 aliphatic carbocycles. The zero-order valence-corrected chi connectivity index (χ0v) is 15.7. The number of aromatic nitrogens is 2. The Labute approximate surface area is 147 Å². The predicted octanol–water partition coefficient (Wildman–Crippen LogP) is 4.77. The van der Waals surface area contributed by atoms with Crippen LogP contribution in [0.5, 0.6) is 0 Å². The molecule has 7 heteroatoms. The van der Waals surface area contributed by atoms with Crippen LogP contribution in [0.15, 0.2) is 6.20 Å². The summed E-state index contributed by atoms with van der Waals surface area (Å²) < 4.78 is 41.4. The SMILES string of the molecule is CC(C)n1ncc(C(=O)N2CCCC(C(C)(C)C)CC2)c1C(F)(F)F. The van der Waals surface area contributed by atoms with E-state index < -0.39 is 23.8 Å². The normalized spacial score (nSPS) is 20.0. The molecule has 1 amide bonds. The van der Waals surface area contributed by atoms with Gasteiger partial charge in [-0.05, 0) is 44.4 Å². The first-order valence-electron chi connectivity index (χ1n) is 8.87. The molecule has 0 saturated carbocycles. The van der Waals surface area contributed by atoms with E-state index >= 15 is 0 Å². The van der Waals surface area contributed by atoms with Crippen LogP contribution in [0.4, 0.5) is 13.2 Å². The third kappa shape index (κ3) is 4.36. The molecule has 0 radical (unpaired) electrons. The van der Waals surface area contributed by atoms with Crippen molar-refractivity contribution < 1.29 is 18.0 Å². The lowest BCUT2D eigenvalue weighted by Crippen LogP contribution is -2.34. The number of amides is 1. The van der Waals surface area contributed by atoms with Crippen LogP contribution in [0, 0.1) is 11.3 Å². The molecule has 1 atom stereocenters. The van der Waals surface area contributed by atoms with Crippen molar-refractivity contribution in [1.82, 2.24) is 14.7 Å². The van der Waals surface area contributed by atoms with Crippen molar-refractivity contribution in [3.8, 4) is 0 Å². The van der Waals surface area contributed by atoms with Gasteiger partial charge in [-0.2, -0.15) is 18.3 Å². The first-order chi connectivity index (χ1) is 11.4. The molecule has 4 nitrogen and oxygen atoms in total. The summed E-state index contributed by atoms with van der Waals surface area (Å²) in [5.74, 6) is -0.0976. The Balaban J connectivity index is 2.27. The van der Waals surface area contributed by atoms with E-state index in [1.54, 1.807) is 18.7 Å². The van der Waals surface area contributed by atoms with Gasteiger partial charge in [0.05, 0.1) is 11.8 Å². The maximum atomic E-state index is 13.5. The second-order valence-corrected chi connectivity index (χ2v) is 8.23. The Bertz CT molecular complexity index is 614. The van der Waals surface area contributed by atoms with Gasteiger partial charge in [-0.15, -0.1) is 0 Å². The van der Waals surface area contributed by atoms with E-state index in [0.29, 0.717) is 19.0 Å². The van der Waals surface area contributed by atoms with Gasteiger partial charge < -0.3 is 4.90 Å². The molecule has 1 fully saturated rings. The second-order valence-electron chi connectivity index (χ2n) is 8.23. The summed E-state index contributed by atoms with van der Waals surface area (Å²) in [5.41, 5.74) is -1.14. The van der Waals surface area contributed by atoms with Crippen LogP contribution in [-0.2, 0) is 6.18 Å². The number of nitrogens with zero attached hydrogens (tertiary/aromatic N) is 3. The highest BCUT2D eigenvalue weighted by atomic mass is 19.4. The maximum absolute atomic E-state index is 13.5. The first-order valence-corrected chi connectivity index (χ1v) is 8.87. The van der Waals surface area contributed by atoms with Crippen molar-refractivity contribution in [3.63, 3.8) is 0 Å². The number of hydrogen-bond donors (Lipinski definition) is 0. The number of carbonyl (C=O) groups is 1. The summed E-state index contributed by atoms with van der Waals surface area (Å²) in [5, 5.41) is 3.82. The van der Waals surface area contributed by atoms with Gasteiger partial charge in [-0.25, -0.2) is 0 Å². The number of likely N-dealkylation sites (tertiary alicyclic amines) is 1. The number of rotatable bonds is 2. The van der Waals surface area contributed by atoms with Crippen molar-refractivity contribution in [1.29, 1.82) is 0 Å². The topological polar surface area (TPSA) is 38.1 Å². The van der Waals surface area contributed by atoms with Crippen molar-refractivity contribution in [3.05, 3.63) is 17.5 Å². The van der Waals surface area contributed by atoms with E-state index in [-0.39, 0.29) is 11.0 Å². The van der Waals surface area contributed by atoms with E-state index in [9.17, 15) is 18.0 Å². The summed E-state index contributed by atoms with van der Waals surface area (Å²) in [6.45, 7) is 10.7. The fourth-order valence-corrected chi connectivity index (χ4v) is 3.53. The molecule has 0 aromatic carbocycles. The molecular formula is C18H28F3N3O. The first kappa shape index (κ1) is 19.8. The van der Waals surface area contributed by atoms with Crippen molar-refractivity contribution in [2.24, 2.45) is 11.3 Å². The summed E-state index contributed by atoms with van der Waals surface area (Å²) in [6.07, 6.45) is -0.921. The Morgan fingerprint density at radius 3 is 2.36 bits per heavy atom. The van der Waals surface area contributed by atoms with Gasteiger partial charge >= 0.3 is 6.18 Å². The molecule has 142 valence electrons. The zero-order valence-electron chi connectivity index (χ0n) is 15.7. The van der Waals surface area contributed by atoms with Gasteiger partial charge in [0, 0.05) is 19.1 Å². The van der Waals surface area contributed by atoms with E-state index in [2.05, 4.69) is 25.9 Å². The lowest BCUT2D eigenvalue weighted by atomic mass is 9.77. The minimum Gasteiger partial charge on any atom is -0.339 e. The predicted molar refractivity (Wildman–Crippen MR) is 90.3 cm³/mol. The highest BCUT2D eigenvalue weighted by molar-refractivity contribution is 5.95. The molecule has 2 heterocycles. The van der Waals surface area contributed by atoms with E-state index in [1.807, 2.05) is 0 Å². The van der Waals surface area contributed by atoms with Crippen molar-refractivity contribution in [2.45, 2.75) is 66.1 Å². The van der Waals surface area contributed by atoms with Gasteiger partial charge in [0.25, 0.3) is 5.91 Å². The van der Waals surface area contributed by atoms with Crippen LogP contribution in [0.2, 0.25) is 0 Å². The lowest BCUT2D eigenvalue weighted by Gasteiger charge is -2.29. The highest BCUT2D eigenvalue weighted by Crippen LogP contribution is 2.36. The Kier molecular flexibility index (Phi) is 5.54. The molecule has 1 unspecified atom stereocenters. The van der Waals surface area contributed by atoms with E-state index in [4.69, 9.17) is 0 Å². The molecule has 1 aliphatic heterocycles. The molecule has 1 aromatic heterocycles. The van der Waals surface area contributed by atoms with Crippen LogP contribution in [0.1, 0.15) is 76.0 Å². The Morgan fingerprint density at radius 1 is 1.20 bits per heavy atom. The highest BCUT2D eigenvalue weighted by Gasteiger charge is 2.41. The van der Waals surface area contributed by atoms with Crippen LogP contribution < -0.4 is 0 Å². The van der Waals surface area contributed by atoms with Gasteiger partial charge in [0.15, 0.2) is 5.69 Å². The van der Waals surface area contributed by atoms with Gasteiger partial charge in [-0.1, -0.05) is 20.8 Å². The number of carbonyl (C=O) groups excluding carboxylic acids is 1. The van der Waals surface area contributed by atoms with Gasteiger partial charge in [-0.3, -0.25) is 9.48 Å². The standard InChI is InChI=1S/C18H28F3N3O/c1-12(2)24-15(18(19,20)21)14(11-22-24)16(25)23-9-6-7-13(8-10-23)17(3,4)5/h11-13H,6-10H2,1-5H3. The molecule has 25 heavy (non-hydrogen) atoms. The van der Waals surface area contributed by atoms with E-state index in [1.165, 1.54) is 0 Å². The quantitative estimate of drug-likeness (QED) is 0.763. The minimum atomic E-state index is -4.61.